The standard InChI is InChI=1S/C23H27NO2/c1-24(20-12-10-17(11-13-20)23(25)26)21-14-18-8-4-2-6-16-7-3-5-9-19(15-21)22(16)18/h10-16H,2-9H2,1H3,(H,25,26). The van der Waals surface area contributed by atoms with E-state index < -0.39 is 5.97 Å². The minimum atomic E-state index is -0.879. The van der Waals surface area contributed by atoms with Gasteiger partial charge in [-0.15, -0.1) is 0 Å². The molecule has 4 rings (SSSR count). The van der Waals surface area contributed by atoms with Crippen molar-refractivity contribution in [3.63, 3.8) is 0 Å². The minimum absolute atomic E-state index is 0.332. The first-order valence-electron chi connectivity index (χ1n) is 9.86. The predicted octanol–water partition coefficient (Wildman–Crippen LogP) is 5.69. The number of carbonyl (C=O) groups is 1. The Hall–Kier alpha value is -2.29. The molecule has 0 atom stereocenters. The van der Waals surface area contributed by atoms with Gasteiger partial charge in [0.1, 0.15) is 0 Å². The van der Waals surface area contributed by atoms with E-state index in [2.05, 4.69) is 24.1 Å². The third-order valence-corrected chi connectivity index (χ3v) is 6.13. The third kappa shape index (κ3) is 3.23. The number of hydrogen-bond donors (Lipinski definition) is 1. The lowest BCUT2D eigenvalue weighted by molar-refractivity contribution is 0.0697. The number of carboxylic acid groups (broad SMARTS) is 1. The van der Waals surface area contributed by atoms with Crippen LogP contribution in [0.25, 0.3) is 0 Å². The van der Waals surface area contributed by atoms with E-state index in [0.717, 1.165) is 11.6 Å². The summed E-state index contributed by atoms with van der Waals surface area (Å²) in [5.74, 6) is -0.116. The second-order valence-corrected chi connectivity index (χ2v) is 7.78. The maximum absolute atomic E-state index is 11.1. The topological polar surface area (TPSA) is 40.5 Å². The van der Waals surface area contributed by atoms with Crippen LogP contribution in [0.5, 0.6) is 0 Å². The first-order valence-corrected chi connectivity index (χ1v) is 9.86. The molecular weight excluding hydrogens is 322 g/mol. The number of anilines is 2. The highest BCUT2D eigenvalue weighted by Gasteiger charge is 2.25. The number of rotatable bonds is 3. The molecule has 2 aromatic rings. The van der Waals surface area contributed by atoms with Gasteiger partial charge < -0.3 is 10.0 Å². The lowest BCUT2D eigenvalue weighted by Crippen LogP contribution is -2.12. The Morgan fingerprint density at radius 3 is 2.04 bits per heavy atom. The van der Waals surface area contributed by atoms with E-state index in [1.165, 1.54) is 57.1 Å². The fraction of sp³-hybridized carbons (Fsp3) is 0.435. The summed E-state index contributed by atoms with van der Waals surface area (Å²) in [5.41, 5.74) is 7.36. The van der Waals surface area contributed by atoms with Crippen molar-refractivity contribution < 1.29 is 9.90 Å². The Balaban J connectivity index is 1.72. The van der Waals surface area contributed by atoms with Crippen molar-refractivity contribution in [3.8, 4) is 0 Å². The van der Waals surface area contributed by atoms with Gasteiger partial charge in [0.25, 0.3) is 0 Å². The molecule has 0 saturated carbocycles. The highest BCUT2D eigenvalue weighted by molar-refractivity contribution is 5.88. The molecule has 0 fully saturated rings. The summed E-state index contributed by atoms with van der Waals surface area (Å²) < 4.78 is 0. The smallest absolute Gasteiger partial charge is 0.335 e. The summed E-state index contributed by atoms with van der Waals surface area (Å²) in [6, 6.07) is 11.9. The van der Waals surface area contributed by atoms with Gasteiger partial charge in [0.2, 0.25) is 0 Å². The van der Waals surface area contributed by atoms with Gasteiger partial charge in [0.05, 0.1) is 5.56 Å². The summed E-state index contributed by atoms with van der Waals surface area (Å²) in [4.78, 5) is 13.3. The van der Waals surface area contributed by atoms with Crippen LogP contribution in [0.4, 0.5) is 11.4 Å². The fourth-order valence-electron chi connectivity index (χ4n) is 4.71. The largest absolute Gasteiger partial charge is 0.478 e. The van der Waals surface area contributed by atoms with Crippen molar-refractivity contribution in [2.45, 2.75) is 57.3 Å². The van der Waals surface area contributed by atoms with Crippen molar-refractivity contribution in [2.75, 3.05) is 11.9 Å². The Morgan fingerprint density at radius 2 is 1.50 bits per heavy atom. The molecule has 0 spiro atoms. The summed E-state index contributed by atoms with van der Waals surface area (Å²) in [6.45, 7) is 0. The van der Waals surface area contributed by atoms with E-state index in [1.807, 2.05) is 12.1 Å². The molecule has 3 heteroatoms. The SMILES string of the molecule is CN(c1ccc(C(=O)O)cc1)c1cc2c3c(c1)CCCCC3CCCC2. The van der Waals surface area contributed by atoms with E-state index in [-0.39, 0.29) is 0 Å². The zero-order valence-electron chi connectivity index (χ0n) is 15.5. The van der Waals surface area contributed by atoms with E-state index in [4.69, 9.17) is 5.11 Å². The normalized spacial score (nSPS) is 17.1. The van der Waals surface area contributed by atoms with Gasteiger partial charge in [-0.3, -0.25) is 0 Å². The molecular formula is C23H27NO2. The third-order valence-electron chi connectivity index (χ3n) is 6.13. The summed E-state index contributed by atoms with van der Waals surface area (Å²) in [5, 5.41) is 9.10. The molecule has 26 heavy (non-hydrogen) atoms. The molecule has 0 aliphatic heterocycles. The Bertz CT molecular complexity index is 776. The molecule has 2 aliphatic carbocycles. The van der Waals surface area contributed by atoms with Gasteiger partial charge >= 0.3 is 5.97 Å². The highest BCUT2D eigenvalue weighted by Crippen LogP contribution is 2.41. The molecule has 1 N–H and O–H groups in total. The Morgan fingerprint density at radius 1 is 0.923 bits per heavy atom. The van der Waals surface area contributed by atoms with E-state index in [0.29, 0.717) is 5.56 Å². The minimum Gasteiger partial charge on any atom is -0.478 e. The molecule has 2 aromatic carbocycles. The number of nitrogens with zero attached hydrogens (tertiary/aromatic N) is 1. The maximum Gasteiger partial charge on any atom is 0.335 e. The number of hydrogen-bond acceptors (Lipinski definition) is 2. The van der Waals surface area contributed by atoms with Crippen molar-refractivity contribution >= 4 is 17.3 Å². The van der Waals surface area contributed by atoms with E-state index >= 15 is 0 Å². The van der Waals surface area contributed by atoms with Gasteiger partial charge in [-0.2, -0.15) is 0 Å². The molecule has 2 aliphatic rings. The lowest BCUT2D eigenvalue weighted by Gasteiger charge is -2.25. The molecule has 0 aromatic heterocycles. The molecule has 0 amide bonds. The van der Waals surface area contributed by atoms with E-state index in [1.54, 1.807) is 28.8 Å². The van der Waals surface area contributed by atoms with Crippen LogP contribution in [0.1, 0.15) is 71.5 Å². The quantitative estimate of drug-likeness (QED) is 0.774. The second-order valence-electron chi connectivity index (χ2n) is 7.78. The zero-order chi connectivity index (χ0) is 18.1. The molecule has 136 valence electrons. The van der Waals surface area contributed by atoms with Crippen LogP contribution in [-0.2, 0) is 12.8 Å². The monoisotopic (exact) mass is 349 g/mol. The van der Waals surface area contributed by atoms with E-state index in [9.17, 15) is 4.79 Å². The molecule has 0 heterocycles. The van der Waals surface area contributed by atoms with Gasteiger partial charge in [-0.1, -0.05) is 12.8 Å². The molecule has 0 radical (unpaired) electrons. The molecule has 0 saturated heterocycles. The van der Waals surface area contributed by atoms with Crippen molar-refractivity contribution in [1.82, 2.24) is 0 Å². The second kappa shape index (κ2) is 7.14. The summed E-state index contributed by atoms with van der Waals surface area (Å²) in [6.07, 6.45) is 10.4. The first kappa shape index (κ1) is 17.1. The van der Waals surface area contributed by atoms with Crippen LogP contribution in [0.3, 0.4) is 0 Å². The van der Waals surface area contributed by atoms with Gasteiger partial charge in [-0.25, -0.2) is 4.79 Å². The van der Waals surface area contributed by atoms with Crippen LogP contribution in [-0.4, -0.2) is 18.1 Å². The number of benzene rings is 2. The summed E-state index contributed by atoms with van der Waals surface area (Å²) >= 11 is 0. The molecule has 0 bridgehead atoms. The van der Waals surface area contributed by atoms with Crippen molar-refractivity contribution in [1.29, 1.82) is 0 Å². The van der Waals surface area contributed by atoms with Crippen LogP contribution < -0.4 is 4.90 Å². The Labute approximate surface area is 155 Å². The first-order chi connectivity index (χ1) is 12.6. The highest BCUT2D eigenvalue weighted by atomic mass is 16.4. The lowest BCUT2D eigenvalue weighted by atomic mass is 9.86. The Kier molecular flexibility index (Phi) is 4.71. The number of aromatic carboxylic acids is 1. The molecule has 0 unspecified atom stereocenters. The fourth-order valence-corrected chi connectivity index (χ4v) is 4.71. The van der Waals surface area contributed by atoms with Gasteiger partial charge in [0, 0.05) is 18.4 Å². The average molecular weight is 349 g/mol. The van der Waals surface area contributed by atoms with Gasteiger partial charge in [0.15, 0.2) is 0 Å². The zero-order valence-corrected chi connectivity index (χ0v) is 15.5. The maximum atomic E-state index is 11.1. The number of carboxylic acids is 1. The van der Waals surface area contributed by atoms with Crippen molar-refractivity contribution in [3.05, 3.63) is 58.7 Å². The van der Waals surface area contributed by atoms with Crippen LogP contribution in [0.15, 0.2) is 36.4 Å². The predicted molar refractivity (Wildman–Crippen MR) is 106 cm³/mol. The van der Waals surface area contributed by atoms with Crippen LogP contribution in [0.2, 0.25) is 0 Å². The van der Waals surface area contributed by atoms with Gasteiger partial charge in [-0.05, 0) is 97.5 Å². The van der Waals surface area contributed by atoms with Crippen LogP contribution in [0, 0.1) is 0 Å². The van der Waals surface area contributed by atoms with Crippen molar-refractivity contribution in [2.24, 2.45) is 0 Å². The van der Waals surface area contributed by atoms with Crippen LogP contribution >= 0.6 is 0 Å². The average Bonchev–Trinajstić information content (AvgIpc) is 2.99. The summed E-state index contributed by atoms with van der Waals surface area (Å²) in [7, 11) is 2.08. The molecule has 3 nitrogen and oxygen atoms in total. The number of aryl methyl sites for hydroxylation is 2.